The lowest BCUT2D eigenvalue weighted by atomic mass is 9.95. The van der Waals surface area contributed by atoms with Gasteiger partial charge in [0.1, 0.15) is 5.75 Å². The van der Waals surface area contributed by atoms with Gasteiger partial charge in [-0.05, 0) is 45.8 Å². The van der Waals surface area contributed by atoms with Crippen molar-refractivity contribution >= 4 is 62.2 Å². The summed E-state index contributed by atoms with van der Waals surface area (Å²) in [5.41, 5.74) is 17.7. The van der Waals surface area contributed by atoms with E-state index in [0.717, 1.165) is 122 Å². The largest absolute Gasteiger partial charge is 0.496 e. The Labute approximate surface area is 357 Å². The van der Waals surface area contributed by atoms with E-state index in [1.165, 1.54) is 4.88 Å². The second kappa shape index (κ2) is 17.6. The second-order valence-corrected chi connectivity index (χ2v) is 17.0. The van der Waals surface area contributed by atoms with Crippen molar-refractivity contribution in [3.63, 3.8) is 0 Å². The number of hydrogen-bond donors (Lipinski definition) is 3. The summed E-state index contributed by atoms with van der Waals surface area (Å²) in [5.74, 6) is 3.66. The number of amides is 1. The lowest BCUT2D eigenvalue weighted by molar-refractivity contribution is -0.138. The third-order valence-electron chi connectivity index (χ3n) is 11.9. The molecule has 320 valence electrons. The Morgan fingerprint density at radius 3 is 2.41 bits per heavy atom. The molecular formula is C41H52N16O3S. The third kappa shape index (κ3) is 8.70. The summed E-state index contributed by atoms with van der Waals surface area (Å²) in [4.78, 5) is 60.6. The van der Waals surface area contributed by atoms with Crippen molar-refractivity contribution in [1.29, 1.82) is 0 Å². The fourth-order valence-electron chi connectivity index (χ4n) is 8.55. The number of anilines is 4. The maximum atomic E-state index is 13.7. The molecule has 0 spiro atoms. The minimum Gasteiger partial charge on any atom is -0.496 e. The van der Waals surface area contributed by atoms with Crippen molar-refractivity contribution in [1.82, 2.24) is 59.1 Å². The molecule has 0 aliphatic carbocycles. The molecule has 9 heterocycles. The first kappa shape index (κ1) is 40.6. The number of imidazole rings is 1. The average Bonchev–Trinajstić information content (AvgIpc) is 3.88. The van der Waals surface area contributed by atoms with E-state index in [2.05, 4.69) is 60.9 Å². The Hall–Kier alpha value is -5.83. The van der Waals surface area contributed by atoms with Crippen LogP contribution in [0, 0.1) is 19.8 Å². The van der Waals surface area contributed by atoms with Crippen LogP contribution < -0.4 is 26.4 Å². The summed E-state index contributed by atoms with van der Waals surface area (Å²) in [5, 5.41) is 3.44. The molecule has 20 heteroatoms. The molecule has 5 N–H and O–H groups in total. The monoisotopic (exact) mass is 848 g/mol. The number of nitrogens with one attached hydrogen (secondary N) is 1. The molecule has 0 radical (unpaired) electrons. The third-order valence-corrected chi connectivity index (χ3v) is 13.0. The first-order valence-electron chi connectivity index (χ1n) is 20.9. The van der Waals surface area contributed by atoms with E-state index in [1.54, 1.807) is 37.2 Å². The summed E-state index contributed by atoms with van der Waals surface area (Å²) in [6, 6.07) is 2.18. The Kier molecular flexibility index (Phi) is 11.7. The maximum Gasteiger partial charge on any atom is 0.225 e. The Morgan fingerprint density at radius 2 is 1.66 bits per heavy atom. The summed E-state index contributed by atoms with van der Waals surface area (Å²) in [7, 11) is 1.67. The number of carbonyl (C=O) groups excluding carboxylic acids is 1. The van der Waals surface area contributed by atoms with Crippen molar-refractivity contribution in [3.8, 4) is 17.1 Å². The highest BCUT2D eigenvalue weighted by Gasteiger charge is 2.31. The number of piperidine rings is 1. The number of hydrogen-bond acceptors (Lipinski definition) is 18. The Balaban J connectivity index is 0.758. The number of piperazine rings is 1. The number of thiophene rings is 1. The smallest absolute Gasteiger partial charge is 0.225 e. The highest BCUT2D eigenvalue weighted by Crippen LogP contribution is 2.36. The van der Waals surface area contributed by atoms with Crippen LogP contribution in [0.1, 0.15) is 34.5 Å². The normalized spacial score (nSPS) is 17.1. The molecule has 19 nitrogen and oxygen atoms in total. The van der Waals surface area contributed by atoms with Crippen molar-refractivity contribution in [2.45, 2.75) is 39.8 Å². The van der Waals surface area contributed by atoms with Gasteiger partial charge < -0.3 is 40.6 Å². The van der Waals surface area contributed by atoms with E-state index in [4.69, 9.17) is 30.9 Å². The zero-order valence-electron chi connectivity index (χ0n) is 34.9. The fourth-order valence-corrected chi connectivity index (χ4v) is 9.70. The van der Waals surface area contributed by atoms with Crippen LogP contribution in [0.15, 0.2) is 31.0 Å². The molecular weight excluding hydrogens is 797 g/mol. The molecule has 0 atom stereocenters. The molecule has 3 aliphatic rings. The number of fused-ring (bicyclic) bond motifs is 2. The highest BCUT2D eigenvalue weighted by molar-refractivity contribution is 7.19. The molecule has 3 fully saturated rings. The summed E-state index contributed by atoms with van der Waals surface area (Å²) < 4.78 is 14.2. The van der Waals surface area contributed by atoms with Gasteiger partial charge in [-0.3, -0.25) is 19.6 Å². The fraction of sp³-hybridized carbons (Fsp3) is 0.488. The number of rotatable bonds is 12. The molecule has 3 aliphatic heterocycles. The minimum atomic E-state index is 0.0496. The number of ether oxygens (including phenoxy) is 2. The van der Waals surface area contributed by atoms with E-state index in [0.29, 0.717) is 49.1 Å². The van der Waals surface area contributed by atoms with Crippen LogP contribution in [0.3, 0.4) is 0 Å². The summed E-state index contributed by atoms with van der Waals surface area (Å²) >= 11 is 1.75. The number of morpholine rings is 1. The maximum absolute atomic E-state index is 13.7. The van der Waals surface area contributed by atoms with E-state index in [1.807, 2.05) is 24.6 Å². The Bertz CT molecular complexity index is 2510. The van der Waals surface area contributed by atoms with Crippen molar-refractivity contribution in [2.75, 3.05) is 107 Å². The van der Waals surface area contributed by atoms with Gasteiger partial charge >= 0.3 is 0 Å². The number of nitrogens with zero attached hydrogens (tertiary/aromatic N) is 13. The number of aryl methyl sites for hydroxylation is 1. The number of methoxy groups -OCH3 is 1. The SMILES string of the molecule is COc1c(C)cnc(Cn2cnc3c(NCCN4CCN(C(=O)C5CCN(Cc6cc7nc(-c8cnc(N)nc8)nc(N8CCOCC8)c7s6)CC5)CC4)nc(N)nc32)c1C. The zero-order valence-corrected chi connectivity index (χ0v) is 35.7. The van der Waals surface area contributed by atoms with Crippen LogP contribution in [-0.2, 0) is 22.6 Å². The van der Waals surface area contributed by atoms with Gasteiger partial charge in [0, 0.05) is 99.4 Å². The average molecular weight is 849 g/mol. The van der Waals surface area contributed by atoms with E-state index in [9.17, 15) is 4.79 Å². The zero-order chi connectivity index (χ0) is 42.0. The van der Waals surface area contributed by atoms with Gasteiger partial charge in [-0.2, -0.15) is 9.97 Å². The standard InChI is InChI=1S/C41H52N16O3S/c1-25-19-45-31(26(2)33(25)59-3)23-57-24-48-32-36(51-41(43)52-37(32)57)44-6-9-53-10-12-56(13-11-53)39(58)27-4-7-54(8-5-27)22-29-18-30-34(61-29)38(55-14-16-60-17-15-55)50-35(49-30)28-20-46-40(42)47-21-28/h18-21,24,27H,4-17,22-23H2,1-3H3,(H2,42,46,47)(H3,43,44,51,52). The number of nitrogens with two attached hydrogens (primary N) is 2. The number of nitrogen functional groups attached to an aromatic ring is 2. The van der Waals surface area contributed by atoms with Crippen LogP contribution >= 0.6 is 11.3 Å². The van der Waals surface area contributed by atoms with Gasteiger partial charge in [-0.1, -0.05) is 0 Å². The molecule has 61 heavy (non-hydrogen) atoms. The van der Waals surface area contributed by atoms with Crippen LogP contribution in [0.5, 0.6) is 5.75 Å². The van der Waals surface area contributed by atoms with Crippen molar-refractivity contribution < 1.29 is 14.3 Å². The van der Waals surface area contributed by atoms with E-state index in [-0.39, 0.29) is 23.7 Å². The first-order chi connectivity index (χ1) is 29.7. The molecule has 0 saturated carbocycles. The predicted octanol–water partition coefficient (Wildman–Crippen LogP) is 2.83. The highest BCUT2D eigenvalue weighted by atomic mass is 32.1. The molecule has 3 saturated heterocycles. The molecule has 0 unspecified atom stereocenters. The second-order valence-electron chi connectivity index (χ2n) is 15.9. The molecule has 0 aromatic carbocycles. The van der Waals surface area contributed by atoms with Gasteiger partial charge in [0.2, 0.25) is 17.8 Å². The van der Waals surface area contributed by atoms with Crippen molar-refractivity contribution in [3.05, 3.63) is 52.7 Å². The molecule has 1 amide bonds. The van der Waals surface area contributed by atoms with Crippen LogP contribution in [0.2, 0.25) is 0 Å². The van der Waals surface area contributed by atoms with Gasteiger partial charge in [-0.15, -0.1) is 11.3 Å². The van der Waals surface area contributed by atoms with Gasteiger partial charge in [0.25, 0.3) is 0 Å². The van der Waals surface area contributed by atoms with Gasteiger partial charge in [0.05, 0.1) is 54.7 Å². The number of aromatic nitrogens is 9. The van der Waals surface area contributed by atoms with E-state index >= 15 is 0 Å². The van der Waals surface area contributed by atoms with Gasteiger partial charge in [-0.25, -0.2) is 24.9 Å². The van der Waals surface area contributed by atoms with Crippen LogP contribution in [0.4, 0.5) is 23.5 Å². The summed E-state index contributed by atoms with van der Waals surface area (Å²) in [6.45, 7) is 14.4. The van der Waals surface area contributed by atoms with Gasteiger partial charge in [0.15, 0.2) is 28.6 Å². The van der Waals surface area contributed by atoms with Crippen LogP contribution in [0.25, 0.3) is 32.8 Å². The molecule has 6 aromatic rings. The first-order valence-corrected chi connectivity index (χ1v) is 21.7. The molecule has 6 aromatic heterocycles. The predicted molar refractivity (Wildman–Crippen MR) is 234 cm³/mol. The number of pyridine rings is 1. The van der Waals surface area contributed by atoms with E-state index < -0.39 is 0 Å². The Morgan fingerprint density at radius 1 is 0.885 bits per heavy atom. The van der Waals surface area contributed by atoms with Crippen molar-refractivity contribution in [2.24, 2.45) is 5.92 Å². The topological polar surface area (TPSA) is 221 Å². The quantitative estimate of drug-likeness (QED) is 0.161. The molecule has 9 rings (SSSR count). The number of likely N-dealkylation sites (tertiary alicyclic amines) is 1. The minimum absolute atomic E-state index is 0.0496. The number of carbonyl (C=O) groups is 1. The molecule has 0 bridgehead atoms. The lowest BCUT2D eigenvalue weighted by Gasteiger charge is -2.38. The van der Waals surface area contributed by atoms with Crippen LogP contribution in [-0.4, -0.2) is 151 Å². The lowest BCUT2D eigenvalue weighted by Crippen LogP contribution is -2.52. The summed E-state index contributed by atoms with van der Waals surface area (Å²) in [6.07, 6.45) is 8.62.